The molecule has 1 amide bonds. The van der Waals surface area contributed by atoms with E-state index in [0.29, 0.717) is 18.9 Å². The normalized spacial score (nSPS) is 24.4. The number of likely N-dealkylation sites (tertiary alicyclic amines) is 1. The minimum Gasteiger partial charge on any atom is -0.345 e. The van der Waals surface area contributed by atoms with E-state index in [4.69, 9.17) is 0 Å². The van der Waals surface area contributed by atoms with Crippen LogP contribution in [0.15, 0.2) is 0 Å². The van der Waals surface area contributed by atoms with E-state index in [-0.39, 0.29) is 6.04 Å². The van der Waals surface area contributed by atoms with Crippen LogP contribution < -0.4 is 5.32 Å². The molecule has 0 atom stereocenters. The second-order valence-corrected chi connectivity index (χ2v) is 5.57. The average Bonchev–Trinajstić information content (AvgIpc) is 2.39. The molecule has 1 aliphatic heterocycles. The molecule has 2 fully saturated rings. The molecule has 0 radical (unpaired) electrons. The van der Waals surface area contributed by atoms with Crippen molar-refractivity contribution in [3.8, 4) is 0 Å². The maximum Gasteiger partial charge on any atom is 0.471 e. The van der Waals surface area contributed by atoms with Crippen molar-refractivity contribution in [2.45, 2.75) is 63.2 Å². The molecule has 0 spiro atoms. The SMILES string of the molecule is O=C(NC1CCN(C2CCCCC2)CC1)C(F)(F)F. The third-order valence-electron chi connectivity index (χ3n) is 4.21. The summed E-state index contributed by atoms with van der Waals surface area (Å²) in [5.41, 5.74) is 0. The molecule has 0 aromatic heterocycles. The number of carbonyl (C=O) groups is 1. The molecule has 1 N–H and O–H groups in total. The van der Waals surface area contributed by atoms with E-state index in [9.17, 15) is 18.0 Å². The summed E-state index contributed by atoms with van der Waals surface area (Å²) in [5, 5.41) is 2.09. The van der Waals surface area contributed by atoms with Gasteiger partial charge in [-0.1, -0.05) is 19.3 Å². The van der Waals surface area contributed by atoms with Gasteiger partial charge in [-0.05, 0) is 25.7 Å². The predicted molar refractivity (Wildman–Crippen MR) is 65.7 cm³/mol. The number of nitrogens with one attached hydrogen (secondary N) is 1. The molecule has 1 aliphatic carbocycles. The van der Waals surface area contributed by atoms with Gasteiger partial charge in [0, 0.05) is 25.2 Å². The molecule has 1 saturated heterocycles. The molecule has 0 bridgehead atoms. The van der Waals surface area contributed by atoms with E-state index in [1.807, 2.05) is 0 Å². The van der Waals surface area contributed by atoms with Gasteiger partial charge >= 0.3 is 12.1 Å². The molecule has 1 saturated carbocycles. The lowest BCUT2D eigenvalue weighted by Crippen LogP contribution is -2.50. The summed E-state index contributed by atoms with van der Waals surface area (Å²) in [4.78, 5) is 13.3. The zero-order valence-corrected chi connectivity index (χ0v) is 11.0. The van der Waals surface area contributed by atoms with Crippen LogP contribution in [0.5, 0.6) is 0 Å². The van der Waals surface area contributed by atoms with Crippen LogP contribution >= 0.6 is 0 Å². The second-order valence-electron chi connectivity index (χ2n) is 5.57. The maximum atomic E-state index is 12.1. The second kappa shape index (κ2) is 6.11. The molecule has 0 unspecified atom stereocenters. The number of halogens is 3. The fourth-order valence-corrected chi connectivity index (χ4v) is 3.12. The summed E-state index contributed by atoms with van der Waals surface area (Å²) in [5.74, 6) is -1.80. The fraction of sp³-hybridized carbons (Fsp3) is 0.923. The largest absolute Gasteiger partial charge is 0.471 e. The number of piperidine rings is 1. The zero-order chi connectivity index (χ0) is 13.9. The van der Waals surface area contributed by atoms with Crippen LogP contribution in [0.25, 0.3) is 0 Å². The summed E-state index contributed by atoms with van der Waals surface area (Å²) in [6, 6.07) is 0.280. The number of amides is 1. The topological polar surface area (TPSA) is 32.3 Å². The molecule has 110 valence electrons. The van der Waals surface area contributed by atoms with Crippen LogP contribution in [-0.2, 0) is 4.79 Å². The Hall–Kier alpha value is -0.780. The van der Waals surface area contributed by atoms with Crippen molar-refractivity contribution in [1.29, 1.82) is 0 Å². The highest BCUT2D eigenvalue weighted by molar-refractivity contribution is 5.81. The first-order chi connectivity index (χ1) is 8.97. The summed E-state index contributed by atoms with van der Waals surface area (Å²) in [6.45, 7) is 1.60. The van der Waals surface area contributed by atoms with Gasteiger partial charge in [0.15, 0.2) is 0 Å². The van der Waals surface area contributed by atoms with E-state index in [2.05, 4.69) is 10.2 Å². The first kappa shape index (κ1) is 14.6. The number of hydrogen-bond donors (Lipinski definition) is 1. The number of hydrogen-bond acceptors (Lipinski definition) is 2. The smallest absolute Gasteiger partial charge is 0.345 e. The zero-order valence-electron chi connectivity index (χ0n) is 11.0. The number of alkyl halides is 3. The molecule has 2 rings (SSSR count). The molecule has 1 heterocycles. The molecule has 3 nitrogen and oxygen atoms in total. The molecule has 2 aliphatic rings. The Bertz CT molecular complexity index is 306. The fourth-order valence-electron chi connectivity index (χ4n) is 3.12. The molecular formula is C13H21F3N2O. The van der Waals surface area contributed by atoms with E-state index in [0.717, 1.165) is 13.1 Å². The Balaban J connectivity index is 1.74. The van der Waals surface area contributed by atoms with Crippen molar-refractivity contribution >= 4 is 5.91 Å². The summed E-state index contributed by atoms with van der Waals surface area (Å²) < 4.78 is 36.4. The van der Waals surface area contributed by atoms with Gasteiger partial charge in [-0.2, -0.15) is 13.2 Å². The molecule has 19 heavy (non-hydrogen) atoms. The molecular weight excluding hydrogens is 257 g/mol. The maximum absolute atomic E-state index is 12.1. The molecule has 6 heteroatoms. The number of nitrogens with zero attached hydrogens (tertiary/aromatic N) is 1. The van der Waals surface area contributed by atoms with Gasteiger partial charge in [-0.25, -0.2) is 0 Å². The first-order valence-corrected chi connectivity index (χ1v) is 7.08. The van der Waals surface area contributed by atoms with Gasteiger partial charge in [0.25, 0.3) is 0 Å². The van der Waals surface area contributed by atoms with Crippen LogP contribution in [0.4, 0.5) is 13.2 Å². The number of carbonyl (C=O) groups excluding carboxylic acids is 1. The lowest BCUT2D eigenvalue weighted by atomic mass is 9.92. The van der Waals surface area contributed by atoms with Crippen molar-refractivity contribution in [3.63, 3.8) is 0 Å². The Morgan fingerprint density at radius 2 is 1.58 bits per heavy atom. The van der Waals surface area contributed by atoms with Crippen LogP contribution in [0, 0.1) is 0 Å². The van der Waals surface area contributed by atoms with Gasteiger partial charge in [0.2, 0.25) is 0 Å². The van der Waals surface area contributed by atoms with Gasteiger partial charge in [-0.15, -0.1) is 0 Å². The van der Waals surface area contributed by atoms with Crippen molar-refractivity contribution in [1.82, 2.24) is 10.2 Å². The monoisotopic (exact) mass is 278 g/mol. The highest BCUT2D eigenvalue weighted by Gasteiger charge is 2.40. The summed E-state index contributed by atoms with van der Waals surface area (Å²) >= 11 is 0. The first-order valence-electron chi connectivity index (χ1n) is 7.08. The lowest BCUT2D eigenvalue weighted by molar-refractivity contribution is -0.174. The van der Waals surface area contributed by atoms with E-state index in [1.165, 1.54) is 32.1 Å². The Morgan fingerprint density at radius 3 is 2.11 bits per heavy atom. The van der Waals surface area contributed by atoms with Crippen LogP contribution in [0.2, 0.25) is 0 Å². The third-order valence-corrected chi connectivity index (χ3v) is 4.21. The minimum absolute atomic E-state index is 0.325. The number of rotatable bonds is 2. The van der Waals surface area contributed by atoms with Crippen molar-refractivity contribution < 1.29 is 18.0 Å². The highest BCUT2D eigenvalue weighted by Crippen LogP contribution is 2.25. The summed E-state index contributed by atoms with van der Waals surface area (Å²) in [6.07, 6.45) is 2.72. The summed E-state index contributed by atoms with van der Waals surface area (Å²) in [7, 11) is 0. The quantitative estimate of drug-likeness (QED) is 0.841. The van der Waals surface area contributed by atoms with E-state index in [1.54, 1.807) is 0 Å². The Morgan fingerprint density at radius 1 is 1.00 bits per heavy atom. The van der Waals surface area contributed by atoms with Crippen LogP contribution in [0.1, 0.15) is 44.9 Å². The average molecular weight is 278 g/mol. The molecule has 0 aromatic carbocycles. The third kappa shape index (κ3) is 4.09. The van der Waals surface area contributed by atoms with Gasteiger partial charge in [0.05, 0.1) is 0 Å². The van der Waals surface area contributed by atoms with Crippen molar-refractivity contribution in [2.24, 2.45) is 0 Å². The Kier molecular flexibility index (Phi) is 4.71. The standard InChI is InChI=1S/C13H21F3N2O/c14-13(15,16)12(19)17-10-6-8-18(9-7-10)11-4-2-1-3-5-11/h10-11H,1-9H2,(H,17,19). The van der Waals surface area contributed by atoms with Crippen LogP contribution in [0.3, 0.4) is 0 Å². The predicted octanol–water partition coefficient (Wildman–Crippen LogP) is 2.46. The molecule has 0 aromatic rings. The minimum atomic E-state index is -4.76. The van der Waals surface area contributed by atoms with E-state index < -0.39 is 12.1 Å². The van der Waals surface area contributed by atoms with E-state index >= 15 is 0 Å². The van der Waals surface area contributed by atoms with Gasteiger partial charge < -0.3 is 10.2 Å². The van der Waals surface area contributed by atoms with Gasteiger partial charge in [-0.3, -0.25) is 4.79 Å². The van der Waals surface area contributed by atoms with Gasteiger partial charge in [0.1, 0.15) is 0 Å². The highest BCUT2D eigenvalue weighted by atomic mass is 19.4. The van der Waals surface area contributed by atoms with Crippen LogP contribution in [-0.4, -0.2) is 42.2 Å². The van der Waals surface area contributed by atoms with Crippen molar-refractivity contribution in [3.05, 3.63) is 0 Å². The Labute approximate surface area is 111 Å². The van der Waals surface area contributed by atoms with Crippen molar-refractivity contribution in [2.75, 3.05) is 13.1 Å². The lowest BCUT2D eigenvalue weighted by Gasteiger charge is -2.39.